The van der Waals surface area contributed by atoms with Crippen molar-refractivity contribution >= 4 is 14.4 Å². The monoisotopic (exact) mass is 448 g/mol. The third-order valence-electron chi connectivity index (χ3n) is 8.21. The number of hydrogen-bond donors (Lipinski definition) is 0. The van der Waals surface area contributed by atoms with Gasteiger partial charge in [-0.25, -0.2) is 0 Å². The molecule has 3 rings (SSSR count). The highest BCUT2D eigenvalue weighted by Crippen LogP contribution is 2.50. The zero-order chi connectivity index (χ0) is 23.6. The van der Waals surface area contributed by atoms with Crippen LogP contribution in [0.25, 0.3) is 6.08 Å². The molecule has 1 fully saturated rings. The minimum atomic E-state index is -1.96. The number of allylic oxidation sites excluding steroid dienone is 1. The van der Waals surface area contributed by atoms with Crippen molar-refractivity contribution in [3.05, 3.63) is 77.5 Å². The van der Waals surface area contributed by atoms with Crippen LogP contribution in [0.2, 0.25) is 18.1 Å². The maximum atomic E-state index is 7.16. The lowest BCUT2D eigenvalue weighted by molar-refractivity contribution is 0.113. The molecule has 3 atom stereocenters. The van der Waals surface area contributed by atoms with Crippen molar-refractivity contribution in [2.45, 2.75) is 84.4 Å². The van der Waals surface area contributed by atoms with Gasteiger partial charge < -0.3 is 4.43 Å². The van der Waals surface area contributed by atoms with E-state index in [1.807, 2.05) is 0 Å². The molecule has 0 unspecified atom stereocenters. The molecule has 0 bridgehead atoms. The fourth-order valence-electron chi connectivity index (χ4n) is 5.01. The Kier molecular flexibility index (Phi) is 7.44. The second kappa shape index (κ2) is 9.59. The van der Waals surface area contributed by atoms with Gasteiger partial charge in [-0.1, -0.05) is 109 Å². The Balaban J connectivity index is 2.08. The largest absolute Gasteiger partial charge is 0.546 e. The Morgan fingerprint density at radius 1 is 0.875 bits per heavy atom. The standard InChI is InChI=1S/C30H44OSi/c1-23-19-20-27(30(5,6)25-17-13-10-14-18-25)26(21-23)28(22-24-15-11-9-12-16-24)31-32(7,8)29(2,3)4/h9-18,22-23,26-27H,19-21H2,1-8H3/b28-22-/t23-,26-,27-/m1/s1. The van der Waals surface area contributed by atoms with Crippen LogP contribution in [0.4, 0.5) is 0 Å². The molecule has 1 nitrogen and oxygen atoms in total. The molecule has 0 saturated heterocycles. The van der Waals surface area contributed by atoms with Crippen molar-refractivity contribution in [3.63, 3.8) is 0 Å². The molecule has 0 aromatic heterocycles. The highest BCUT2D eigenvalue weighted by molar-refractivity contribution is 6.74. The van der Waals surface area contributed by atoms with E-state index in [0.717, 1.165) is 5.92 Å². The van der Waals surface area contributed by atoms with Crippen LogP contribution in [0, 0.1) is 17.8 Å². The van der Waals surface area contributed by atoms with Crippen LogP contribution in [0.1, 0.15) is 71.9 Å². The van der Waals surface area contributed by atoms with Crippen molar-refractivity contribution < 1.29 is 4.43 Å². The van der Waals surface area contributed by atoms with Crippen LogP contribution in [0.3, 0.4) is 0 Å². The van der Waals surface area contributed by atoms with Crippen LogP contribution in [-0.2, 0) is 9.84 Å². The second-order valence-corrected chi connectivity index (χ2v) is 16.8. The van der Waals surface area contributed by atoms with Gasteiger partial charge in [0, 0.05) is 5.92 Å². The van der Waals surface area contributed by atoms with Gasteiger partial charge in [-0.05, 0) is 65.4 Å². The lowest BCUT2D eigenvalue weighted by Crippen LogP contribution is -2.44. The molecular weight excluding hydrogens is 404 g/mol. The highest BCUT2D eigenvalue weighted by atomic mass is 28.4. The Hall–Kier alpha value is -1.80. The van der Waals surface area contributed by atoms with Gasteiger partial charge in [-0.15, -0.1) is 0 Å². The topological polar surface area (TPSA) is 9.23 Å². The van der Waals surface area contributed by atoms with Crippen LogP contribution < -0.4 is 0 Å². The van der Waals surface area contributed by atoms with E-state index in [9.17, 15) is 0 Å². The van der Waals surface area contributed by atoms with Crippen molar-refractivity contribution in [2.24, 2.45) is 17.8 Å². The first-order chi connectivity index (χ1) is 14.9. The van der Waals surface area contributed by atoms with Gasteiger partial charge in [-0.3, -0.25) is 0 Å². The summed E-state index contributed by atoms with van der Waals surface area (Å²) in [4.78, 5) is 0. The summed E-state index contributed by atoms with van der Waals surface area (Å²) in [5, 5.41) is 0.174. The lowest BCUT2D eigenvalue weighted by atomic mass is 9.60. The van der Waals surface area contributed by atoms with Crippen molar-refractivity contribution in [2.75, 3.05) is 0 Å². The van der Waals surface area contributed by atoms with Crippen molar-refractivity contribution in [1.82, 2.24) is 0 Å². The lowest BCUT2D eigenvalue weighted by Gasteiger charge is -2.47. The Morgan fingerprint density at radius 2 is 1.44 bits per heavy atom. The molecule has 1 saturated carbocycles. The zero-order valence-electron chi connectivity index (χ0n) is 21.6. The average molecular weight is 449 g/mol. The van der Waals surface area contributed by atoms with E-state index >= 15 is 0 Å². The summed E-state index contributed by atoms with van der Waals surface area (Å²) in [5.74, 6) is 2.94. The fraction of sp³-hybridized carbons (Fsp3) is 0.533. The van der Waals surface area contributed by atoms with Gasteiger partial charge in [0.05, 0.1) is 5.76 Å². The van der Waals surface area contributed by atoms with Crippen molar-refractivity contribution in [3.8, 4) is 0 Å². The van der Waals surface area contributed by atoms with E-state index in [1.54, 1.807) is 0 Å². The van der Waals surface area contributed by atoms with E-state index in [0.29, 0.717) is 11.8 Å². The predicted molar refractivity (Wildman–Crippen MR) is 142 cm³/mol. The predicted octanol–water partition coefficient (Wildman–Crippen LogP) is 9.08. The van der Waals surface area contributed by atoms with Crippen LogP contribution in [0.5, 0.6) is 0 Å². The van der Waals surface area contributed by atoms with Gasteiger partial charge >= 0.3 is 0 Å². The first kappa shape index (κ1) is 24.8. The first-order valence-corrected chi connectivity index (χ1v) is 15.3. The maximum Gasteiger partial charge on any atom is 0.250 e. The summed E-state index contributed by atoms with van der Waals surface area (Å²) in [6.45, 7) is 19.1. The third-order valence-corrected chi connectivity index (χ3v) is 12.6. The van der Waals surface area contributed by atoms with Crippen LogP contribution in [0.15, 0.2) is 66.4 Å². The minimum absolute atomic E-state index is 0.0959. The molecule has 1 aliphatic rings. The summed E-state index contributed by atoms with van der Waals surface area (Å²) < 4.78 is 7.16. The highest BCUT2D eigenvalue weighted by Gasteiger charge is 2.45. The molecule has 0 amide bonds. The molecule has 2 heteroatoms. The number of rotatable bonds is 6. The Morgan fingerprint density at radius 3 is 2.00 bits per heavy atom. The van der Waals surface area contributed by atoms with E-state index in [4.69, 9.17) is 4.43 Å². The molecule has 32 heavy (non-hydrogen) atoms. The van der Waals surface area contributed by atoms with E-state index < -0.39 is 8.32 Å². The van der Waals surface area contributed by atoms with Gasteiger partial charge in [0.1, 0.15) is 0 Å². The zero-order valence-corrected chi connectivity index (χ0v) is 22.6. The van der Waals surface area contributed by atoms with Crippen molar-refractivity contribution in [1.29, 1.82) is 0 Å². The molecular formula is C30H44OSi. The van der Waals surface area contributed by atoms with E-state index in [1.165, 1.54) is 36.1 Å². The van der Waals surface area contributed by atoms with Crippen LogP contribution in [-0.4, -0.2) is 8.32 Å². The van der Waals surface area contributed by atoms with Gasteiger partial charge in [-0.2, -0.15) is 0 Å². The smallest absolute Gasteiger partial charge is 0.250 e. The summed E-state index contributed by atoms with van der Waals surface area (Å²) in [6, 6.07) is 21.9. The molecule has 0 aliphatic heterocycles. The molecule has 174 valence electrons. The summed E-state index contributed by atoms with van der Waals surface area (Å²) in [6.07, 6.45) is 6.11. The summed E-state index contributed by atoms with van der Waals surface area (Å²) >= 11 is 0. The summed E-state index contributed by atoms with van der Waals surface area (Å²) in [7, 11) is -1.96. The average Bonchev–Trinajstić information content (AvgIpc) is 2.73. The number of benzene rings is 2. The Labute approximate surface area is 198 Å². The Bertz CT molecular complexity index is 889. The second-order valence-electron chi connectivity index (χ2n) is 12.0. The SMILES string of the molecule is C[C@@H]1CC[C@@H](C(C)(C)c2ccccc2)[C@H](/C(=C/c2ccccc2)O[Si](C)(C)C(C)(C)C)C1. The third kappa shape index (κ3) is 5.57. The maximum absolute atomic E-state index is 7.16. The van der Waals surface area contributed by atoms with Gasteiger partial charge in [0.2, 0.25) is 8.32 Å². The first-order valence-electron chi connectivity index (χ1n) is 12.4. The quantitative estimate of drug-likeness (QED) is 0.316. The molecule has 0 N–H and O–H groups in total. The molecule has 1 aliphatic carbocycles. The number of hydrogen-bond acceptors (Lipinski definition) is 1. The van der Waals surface area contributed by atoms with Crippen LogP contribution >= 0.6 is 0 Å². The normalized spacial score (nSPS) is 23.1. The summed E-state index contributed by atoms with van der Waals surface area (Å²) in [5.41, 5.74) is 2.78. The van der Waals surface area contributed by atoms with Gasteiger partial charge in [0.25, 0.3) is 0 Å². The molecule has 0 radical (unpaired) electrons. The minimum Gasteiger partial charge on any atom is -0.546 e. The van der Waals surface area contributed by atoms with E-state index in [-0.39, 0.29) is 10.5 Å². The fourth-order valence-corrected chi connectivity index (χ4v) is 6.12. The molecule has 0 spiro atoms. The van der Waals surface area contributed by atoms with Gasteiger partial charge in [0.15, 0.2) is 0 Å². The molecule has 2 aromatic rings. The molecule has 2 aromatic carbocycles. The molecule has 0 heterocycles. The van der Waals surface area contributed by atoms with E-state index in [2.05, 4.69) is 121 Å².